The number of nitrogens with one attached hydrogen (secondary N) is 1. The minimum Gasteiger partial charge on any atom is -0.352 e. The summed E-state index contributed by atoms with van der Waals surface area (Å²) in [6.07, 6.45) is 4.05. The highest BCUT2D eigenvalue weighted by Gasteiger charge is 2.21. The van der Waals surface area contributed by atoms with Crippen molar-refractivity contribution >= 4 is 28.3 Å². The van der Waals surface area contributed by atoms with Crippen LogP contribution in [0.3, 0.4) is 0 Å². The number of rotatable bonds is 6. The summed E-state index contributed by atoms with van der Waals surface area (Å²) in [5, 5.41) is 10.6. The zero-order valence-electron chi connectivity index (χ0n) is 17.4. The molecule has 1 aliphatic heterocycles. The highest BCUT2D eigenvalue weighted by Crippen LogP contribution is 2.22. The largest absolute Gasteiger partial charge is 0.352 e. The minimum atomic E-state index is -0.0322. The fraction of sp³-hybridized carbons (Fsp3) is 0.500. The molecule has 4 rings (SSSR count). The van der Waals surface area contributed by atoms with Crippen molar-refractivity contribution < 1.29 is 4.79 Å². The zero-order valence-corrected chi connectivity index (χ0v) is 18.2. The average molecular weight is 412 g/mol. The number of thiophene rings is 1. The van der Waals surface area contributed by atoms with Crippen molar-refractivity contribution in [3.8, 4) is 0 Å². The van der Waals surface area contributed by atoms with E-state index in [0.717, 1.165) is 55.7 Å². The van der Waals surface area contributed by atoms with Gasteiger partial charge in [-0.25, -0.2) is 9.67 Å². The van der Waals surface area contributed by atoms with E-state index in [2.05, 4.69) is 51.7 Å². The van der Waals surface area contributed by atoms with E-state index in [4.69, 9.17) is 0 Å². The first-order valence-electron chi connectivity index (χ1n) is 10.4. The Bertz CT molecular complexity index is 971. The summed E-state index contributed by atoms with van der Waals surface area (Å²) in [5.74, 6) is 0.509. The summed E-state index contributed by atoms with van der Waals surface area (Å²) in [5.41, 5.74) is 2.24. The fourth-order valence-electron chi connectivity index (χ4n) is 3.98. The molecule has 3 aromatic rings. The number of carbonyl (C=O) groups is 1. The molecule has 1 aliphatic rings. The van der Waals surface area contributed by atoms with Crippen LogP contribution in [0.4, 0.5) is 0 Å². The molecule has 154 valence electrons. The summed E-state index contributed by atoms with van der Waals surface area (Å²) in [6.45, 7) is 10.0. The number of amides is 1. The van der Waals surface area contributed by atoms with E-state index in [0.29, 0.717) is 11.5 Å². The van der Waals surface area contributed by atoms with Gasteiger partial charge in [-0.3, -0.25) is 9.69 Å². The second-order valence-corrected chi connectivity index (χ2v) is 9.26. The molecule has 7 heteroatoms. The summed E-state index contributed by atoms with van der Waals surface area (Å²) in [7, 11) is 0. The molecule has 29 heavy (non-hydrogen) atoms. The van der Waals surface area contributed by atoms with Gasteiger partial charge in [-0.1, -0.05) is 6.07 Å². The molecule has 0 atom stereocenters. The van der Waals surface area contributed by atoms with Crippen LogP contribution in [0.15, 0.2) is 29.8 Å². The van der Waals surface area contributed by atoms with E-state index in [1.165, 1.54) is 4.88 Å². The fourth-order valence-corrected chi connectivity index (χ4v) is 4.72. The molecule has 0 bridgehead atoms. The second-order valence-electron chi connectivity index (χ2n) is 8.23. The number of piperidine rings is 1. The van der Waals surface area contributed by atoms with Gasteiger partial charge in [-0.2, -0.15) is 5.10 Å². The van der Waals surface area contributed by atoms with E-state index in [9.17, 15) is 4.79 Å². The molecule has 1 saturated heterocycles. The Labute approximate surface area is 175 Å². The van der Waals surface area contributed by atoms with Crippen LogP contribution in [0.2, 0.25) is 0 Å². The van der Waals surface area contributed by atoms with E-state index >= 15 is 0 Å². The van der Waals surface area contributed by atoms with Crippen molar-refractivity contribution in [2.75, 3.05) is 19.6 Å². The average Bonchev–Trinajstić information content (AvgIpc) is 3.36. The molecule has 6 nitrogen and oxygen atoms in total. The molecule has 4 heterocycles. The maximum atomic E-state index is 12.8. The Hall–Kier alpha value is -2.25. The van der Waals surface area contributed by atoms with Crippen LogP contribution in [0.25, 0.3) is 11.0 Å². The van der Waals surface area contributed by atoms with Crippen molar-refractivity contribution in [1.29, 1.82) is 0 Å². The molecule has 0 aromatic carbocycles. The molecule has 0 saturated carbocycles. The summed E-state index contributed by atoms with van der Waals surface area (Å²) in [4.78, 5) is 21.4. The molecule has 0 aliphatic carbocycles. The summed E-state index contributed by atoms with van der Waals surface area (Å²) in [6, 6.07) is 6.48. The van der Waals surface area contributed by atoms with Gasteiger partial charge in [-0.05, 0) is 70.1 Å². The number of likely N-dealkylation sites (tertiary alicyclic amines) is 1. The number of aryl methyl sites for hydroxylation is 1. The van der Waals surface area contributed by atoms with E-state index in [1.807, 2.05) is 29.0 Å². The third kappa shape index (κ3) is 4.51. The first-order valence-corrected chi connectivity index (χ1v) is 11.3. The number of nitrogens with zero attached hydrogens (tertiary/aromatic N) is 4. The summed E-state index contributed by atoms with van der Waals surface area (Å²) >= 11 is 1.82. The predicted molar refractivity (Wildman–Crippen MR) is 117 cm³/mol. The van der Waals surface area contributed by atoms with E-state index < -0.39 is 0 Å². The Balaban J connectivity index is 1.32. The third-order valence-electron chi connectivity index (χ3n) is 5.71. The molecular weight excluding hydrogens is 382 g/mol. The lowest BCUT2D eigenvalue weighted by Gasteiger charge is -2.31. The van der Waals surface area contributed by atoms with Gasteiger partial charge in [0.25, 0.3) is 5.91 Å². The van der Waals surface area contributed by atoms with Crippen LogP contribution >= 0.6 is 11.3 Å². The lowest BCUT2D eigenvalue weighted by atomic mass is 9.96. The van der Waals surface area contributed by atoms with E-state index in [1.54, 1.807) is 6.20 Å². The molecule has 0 radical (unpaired) electrons. The van der Waals surface area contributed by atoms with Gasteiger partial charge in [0.05, 0.1) is 17.5 Å². The third-order valence-corrected chi connectivity index (χ3v) is 6.57. The Morgan fingerprint density at radius 2 is 2.14 bits per heavy atom. The number of hydrogen-bond donors (Lipinski definition) is 1. The summed E-state index contributed by atoms with van der Waals surface area (Å²) < 4.78 is 1.90. The molecule has 1 amide bonds. The van der Waals surface area contributed by atoms with E-state index in [-0.39, 0.29) is 11.9 Å². The van der Waals surface area contributed by atoms with Gasteiger partial charge in [0.1, 0.15) is 0 Å². The van der Waals surface area contributed by atoms with Gasteiger partial charge in [0.15, 0.2) is 5.65 Å². The topological polar surface area (TPSA) is 63.1 Å². The first-order chi connectivity index (χ1) is 14.0. The van der Waals surface area contributed by atoms with Gasteiger partial charge in [0, 0.05) is 29.4 Å². The van der Waals surface area contributed by atoms with Crippen molar-refractivity contribution in [2.45, 2.75) is 46.2 Å². The quantitative estimate of drug-likeness (QED) is 0.665. The molecule has 3 aromatic heterocycles. The van der Waals surface area contributed by atoms with Crippen LogP contribution in [0.1, 0.15) is 53.7 Å². The van der Waals surface area contributed by atoms with Crippen molar-refractivity contribution in [2.24, 2.45) is 5.92 Å². The standard InChI is InChI=1S/C22H29N5OS/c1-15(2)27-21-18(13-24-27)11-20(16(3)25-21)22(28)23-12-17-6-8-26(9-7-17)14-19-5-4-10-29-19/h4-5,10-11,13,15,17H,6-9,12,14H2,1-3H3,(H,23,28). The van der Waals surface area contributed by atoms with Crippen molar-refractivity contribution in [3.63, 3.8) is 0 Å². The maximum Gasteiger partial charge on any atom is 0.253 e. The van der Waals surface area contributed by atoms with Gasteiger partial charge in [0.2, 0.25) is 0 Å². The van der Waals surface area contributed by atoms with Crippen LogP contribution in [0, 0.1) is 12.8 Å². The number of pyridine rings is 1. The number of hydrogen-bond acceptors (Lipinski definition) is 5. The van der Waals surface area contributed by atoms with Gasteiger partial charge < -0.3 is 5.32 Å². The minimum absolute atomic E-state index is 0.0322. The van der Waals surface area contributed by atoms with Crippen LogP contribution in [-0.2, 0) is 6.54 Å². The highest BCUT2D eigenvalue weighted by atomic mass is 32.1. The van der Waals surface area contributed by atoms with Crippen molar-refractivity contribution in [1.82, 2.24) is 25.0 Å². The number of carbonyl (C=O) groups excluding carboxylic acids is 1. The molecule has 0 unspecified atom stereocenters. The van der Waals surface area contributed by atoms with Crippen LogP contribution in [-0.4, -0.2) is 45.2 Å². The lowest BCUT2D eigenvalue weighted by molar-refractivity contribution is 0.0934. The van der Waals surface area contributed by atoms with Crippen LogP contribution in [0.5, 0.6) is 0 Å². The molecule has 1 fully saturated rings. The van der Waals surface area contributed by atoms with Crippen molar-refractivity contribution in [3.05, 3.63) is 45.9 Å². The zero-order chi connectivity index (χ0) is 20.4. The van der Waals surface area contributed by atoms with Gasteiger partial charge in [-0.15, -0.1) is 11.3 Å². The first kappa shape index (κ1) is 20.0. The molecular formula is C22H29N5OS. The number of aromatic nitrogens is 3. The smallest absolute Gasteiger partial charge is 0.253 e. The molecule has 1 N–H and O–H groups in total. The Morgan fingerprint density at radius 1 is 1.34 bits per heavy atom. The number of fused-ring (bicyclic) bond motifs is 1. The molecule has 0 spiro atoms. The normalized spacial score (nSPS) is 16.0. The lowest BCUT2D eigenvalue weighted by Crippen LogP contribution is -2.38. The van der Waals surface area contributed by atoms with Gasteiger partial charge >= 0.3 is 0 Å². The Kier molecular flexibility index (Phi) is 5.96. The maximum absolute atomic E-state index is 12.8. The SMILES string of the molecule is Cc1nc2c(cnn2C(C)C)cc1C(=O)NCC1CCN(Cc2cccs2)CC1. The monoisotopic (exact) mass is 411 g/mol. The Morgan fingerprint density at radius 3 is 2.83 bits per heavy atom. The highest BCUT2D eigenvalue weighted by molar-refractivity contribution is 7.09. The van der Waals surface area contributed by atoms with Crippen LogP contribution < -0.4 is 5.32 Å². The second kappa shape index (κ2) is 8.63. The predicted octanol–water partition coefficient (Wildman–Crippen LogP) is 4.02.